The van der Waals surface area contributed by atoms with Crippen molar-refractivity contribution in [2.45, 2.75) is 45.6 Å². The molecule has 0 unspecified atom stereocenters. The predicted molar refractivity (Wildman–Crippen MR) is 92.1 cm³/mol. The van der Waals surface area contributed by atoms with E-state index >= 15 is 0 Å². The third kappa shape index (κ3) is 8.97. The van der Waals surface area contributed by atoms with Crippen molar-refractivity contribution in [2.24, 2.45) is 4.99 Å². The monoisotopic (exact) mass is 370 g/mol. The highest BCUT2D eigenvalue weighted by molar-refractivity contribution is 14.0. The Morgan fingerprint density at radius 1 is 1.17 bits per heavy atom. The number of unbranched alkanes of at least 4 members (excludes halogenated alkanes) is 2. The topological polar surface area (TPSA) is 39.7 Å². The summed E-state index contributed by atoms with van der Waals surface area (Å²) in [6.45, 7) is 8.52. The SMILES string of the molecule is CCCCCNC(=NC)NCC(C)(C)N(C)C.I. The van der Waals surface area contributed by atoms with Gasteiger partial charge in [0.25, 0.3) is 0 Å². The zero-order valence-corrected chi connectivity index (χ0v) is 15.2. The van der Waals surface area contributed by atoms with E-state index in [1.54, 1.807) is 0 Å². The van der Waals surface area contributed by atoms with E-state index in [2.05, 4.69) is 55.4 Å². The second-order valence-electron chi connectivity index (χ2n) is 5.27. The van der Waals surface area contributed by atoms with Gasteiger partial charge in [-0.2, -0.15) is 0 Å². The van der Waals surface area contributed by atoms with Gasteiger partial charge in [0.2, 0.25) is 0 Å². The average molecular weight is 370 g/mol. The Bertz CT molecular complexity index is 227. The summed E-state index contributed by atoms with van der Waals surface area (Å²) >= 11 is 0. The molecule has 0 spiro atoms. The van der Waals surface area contributed by atoms with E-state index in [0.29, 0.717) is 0 Å². The number of hydrogen-bond acceptors (Lipinski definition) is 2. The van der Waals surface area contributed by atoms with Crippen molar-refractivity contribution >= 4 is 29.9 Å². The number of halogens is 1. The first kappa shape index (κ1) is 20.3. The molecule has 0 rings (SSSR count). The summed E-state index contributed by atoms with van der Waals surface area (Å²) in [5, 5.41) is 6.70. The molecule has 0 atom stereocenters. The largest absolute Gasteiger partial charge is 0.356 e. The minimum atomic E-state index is 0. The third-order valence-electron chi connectivity index (χ3n) is 3.20. The average Bonchev–Trinajstić information content (AvgIpc) is 2.28. The Kier molecular flexibility index (Phi) is 12.2. The van der Waals surface area contributed by atoms with Gasteiger partial charge >= 0.3 is 0 Å². The Balaban J connectivity index is 0. The summed E-state index contributed by atoms with van der Waals surface area (Å²) in [5.74, 6) is 0.899. The van der Waals surface area contributed by atoms with Crippen LogP contribution in [0.5, 0.6) is 0 Å². The molecule has 0 fully saturated rings. The Hall–Kier alpha value is -0.0400. The minimum absolute atomic E-state index is 0. The maximum Gasteiger partial charge on any atom is 0.191 e. The van der Waals surface area contributed by atoms with Crippen LogP contribution in [0.1, 0.15) is 40.0 Å². The Labute approximate surface area is 130 Å². The molecule has 0 bridgehead atoms. The molecule has 4 nitrogen and oxygen atoms in total. The van der Waals surface area contributed by atoms with Crippen LogP contribution in [-0.4, -0.2) is 50.6 Å². The predicted octanol–water partition coefficient (Wildman–Crippen LogP) is 2.30. The van der Waals surface area contributed by atoms with Gasteiger partial charge in [-0.3, -0.25) is 4.99 Å². The summed E-state index contributed by atoms with van der Waals surface area (Å²) in [5.41, 5.74) is 0.126. The molecule has 0 aromatic carbocycles. The molecule has 5 heteroatoms. The second-order valence-corrected chi connectivity index (χ2v) is 5.27. The Morgan fingerprint density at radius 2 is 1.78 bits per heavy atom. The minimum Gasteiger partial charge on any atom is -0.356 e. The highest BCUT2D eigenvalue weighted by Gasteiger charge is 2.20. The molecule has 2 N–H and O–H groups in total. The van der Waals surface area contributed by atoms with E-state index in [1.165, 1.54) is 19.3 Å². The number of aliphatic imine (C=N–C) groups is 1. The Morgan fingerprint density at radius 3 is 2.22 bits per heavy atom. The number of likely N-dealkylation sites (N-methyl/N-ethyl adjacent to an activating group) is 1. The van der Waals surface area contributed by atoms with Crippen LogP contribution in [0, 0.1) is 0 Å². The van der Waals surface area contributed by atoms with Crippen molar-refractivity contribution in [2.75, 3.05) is 34.2 Å². The van der Waals surface area contributed by atoms with Gasteiger partial charge in [-0.1, -0.05) is 19.8 Å². The summed E-state index contributed by atoms with van der Waals surface area (Å²) in [6, 6.07) is 0. The van der Waals surface area contributed by atoms with Crippen LogP contribution in [0.4, 0.5) is 0 Å². The van der Waals surface area contributed by atoms with Crippen LogP contribution >= 0.6 is 24.0 Å². The van der Waals surface area contributed by atoms with Crippen LogP contribution in [0.15, 0.2) is 4.99 Å². The fraction of sp³-hybridized carbons (Fsp3) is 0.923. The first-order valence-electron chi connectivity index (χ1n) is 6.56. The maximum atomic E-state index is 4.22. The van der Waals surface area contributed by atoms with Crippen LogP contribution in [0.2, 0.25) is 0 Å². The molecule has 110 valence electrons. The van der Waals surface area contributed by atoms with Gasteiger partial charge in [0.1, 0.15) is 0 Å². The zero-order valence-electron chi connectivity index (χ0n) is 12.8. The summed E-state index contributed by atoms with van der Waals surface area (Å²) in [7, 11) is 6.01. The second kappa shape index (κ2) is 10.8. The van der Waals surface area contributed by atoms with E-state index in [9.17, 15) is 0 Å². The van der Waals surface area contributed by atoms with Gasteiger partial charge in [-0.15, -0.1) is 24.0 Å². The number of nitrogens with one attached hydrogen (secondary N) is 2. The van der Waals surface area contributed by atoms with Crippen molar-refractivity contribution in [3.63, 3.8) is 0 Å². The van der Waals surface area contributed by atoms with E-state index in [4.69, 9.17) is 0 Å². The van der Waals surface area contributed by atoms with Crippen molar-refractivity contribution in [1.82, 2.24) is 15.5 Å². The van der Waals surface area contributed by atoms with Gasteiger partial charge in [-0.25, -0.2) is 0 Å². The molecule has 0 aliphatic heterocycles. The van der Waals surface area contributed by atoms with E-state index < -0.39 is 0 Å². The first-order chi connectivity index (χ1) is 7.94. The van der Waals surface area contributed by atoms with Crippen LogP contribution < -0.4 is 10.6 Å². The molecule has 0 amide bonds. The van der Waals surface area contributed by atoms with E-state index in [0.717, 1.165) is 19.0 Å². The van der Waals surface area contributed by atoms with Crippen LogP contribution in [0.25, 0.3) is 0 Å². The van der Waals surface area contributed by atoms with Gasteiger partial charge in [-0.05, 0) is 34.4 Å². The molecule has 0 saturated carbocycles. The lowest BCUT2D eigenvalue weighted by Gasteiger charge is -2.33. The van der Waals surface area contributed by atoms with Gasteiger partial charge in [0, 0.05) is 25.7 Å². The molecule has 0 radical (unpaired) electrons. The number of nitrogens with zero attached hydrogens (tertiary/aromatic N) is 2. The molecular formula is C13H31IN4. The molecule has 0 aromatic rings. The lowest BCUT2D eigenvalue weighted by molar-refractivity contribution is 0.197. The molecular weight excluding hydrogens is 339 g/mol. The van der Waals surface area contributed by atoms with Crippen molar-refractivity contribution in [3.8, 4) is 0 Å². The fourth-order valence-electron chi connectivity index (χ4n) is 1.26. The molecule has 18 heavy (non-hydrogen) atoms. The summed E-state index contributed by atoms with van der Waals surface area (Å²) in [4.78, 5) is 6.44. The van der Waals surface area contributed by atoms with E-state index in [1.807, 2.05) is 7.05 Å². The lowest BCUT2D eigenvalue weighted by Crippen LogP contribution is -2.50. The maximum absolute atomic E-state index is 4.22. The highest BCUT2D eigenvalue weighted by Crippen LogP contribution is 2.07. The smallest absolute Gasteiger partial charge is 0.191 e. The van der Waals surface area contributed by atoms with Crippen molar-refractivity contribution < 1.29 is 0 Å². The number of guanidine groups is 1. The molecule has 0 saturated heterocycles. The standard InChI is InChI=1S/C13H30N4.HI/c1-7-8-9-10-15-12(14-4)16-11-13(2,3)17(5)6;/h7-11H2,1-6H3,(H2,14,15,16);1H. The van der Waals surface area contributed by atoms with Crippen molar-refractivity contribution in [1.29, 1.82) is 0 Å². The zero-order chi connectivity index (χ0) is 13.3. The molecule has 0 aliphatic carbocycles. The quantitative estimate of drug-likeness (QED) is 0.313. The first-order valence-corrected chi connectivity index (χ1v) is 6.56. The molecule has 0 aromatic heterocycles. The van der Waals surface area contributed by atoms with Crippen LogP contribution in [0.3, 0.4) is 0 Å². The fourth-order valence-corrected chi connectivity index (χ4v) is 1.26. The van der Waals surface area contributed by atoms with Gasteiger partial charge < -0.3 is 15.5 Å². The lowest BCUT2D eigenvalue weighted by atomic mass is 10.0. The summed E-state index contributed by atoms with van der Waals surface area (Å²) < 4.78 is 0. The van der Waals surface area contributed by atoms with Gasteiger partial charge in [0.05, 0.1) is 0 Å². The van der Waals surface area contributed by atoms with Crippen LogP contribution in [-0.2, 0) is 0 Å². The molecule has 0 heterocycles. The summed E-state index contributed by atoms with van der Waals surface area (Å²) in [6.07, 6.45) is 3.73. The number of hydrogen-bond donors (Lipinski definition) is 2. The van der Waals surface area contributed by atoms with Gasteiger partial charge in [0.15, 0.2) is 5.96 Å². The van der Waals surface area contributed by atoms with E-state index in [-0.39, 0.29) is 29.5 Å². The normalized spacial score (nSPS) is 12.3. The third-order valence-corrected chi connectivity index (χ3v) is 3.20. The molecule has 0 aliphatic rings. The van der Waals surface area contributed by atoms with Crippen molar-refractivity contribution in [3.05, 3.63) is 0 Å². The highest BCUT2D eigenvalue weighted by atomic mass is 127. The number of rotatable bonds is 7.